The van der Waals surface area contributed by atoms with E-state index in [-0.39, 0.29) is 0 Å². The Morgan fingerprint density at radius 2 is 1.83 bits per heavy atom. The van der Waals surface area contributed by atoms with Crippen molar-refractivity contribution in [2.24, 2.45) is 0 Å². The average Bonchev–Trinajstić information content (AvgIpc) is 3.25. The molecule has 0 spiro atoms. The van der Waals surface area contributed by atoms with Crippen molar-refractivity contribution in [3.05, 3.63) is 59.9 Å². The molecule has 0 bridgehead atoms. The van der Waals surface area contributed by atoms with Gasteiger partial charge in [0.05, 0.1) is 5.69 Å². The van der Waals surface area contributed by atoms with Gasteiger partial charge in [0.2, 0.25) is 5.82 Å². The summed E-state index contributed by atoms with van der Waals surface area (Å²) in [6.45, 7) is 4.15. The molecule has 0 unspecified atom stereocenters. The number of aromatic amines is 1. The fourth-order valence-corrected chi connectivity index (χ4v) is 2.62. The maximum absolute atomic E-state index is 5.35. The Morgan fingerprint density at radius 3 is 2.62 bits per heavy atom. The lowest BCUT2D eigenvalue weighted by Crippen LogP contribution is -1.84. The Kier molecular flexibility index (Phi) is 3.42. The van der Waals surface area contributed by atoms with E-state index in [4.69, 9.17) is 4.52 Å². The fourth-order valence-electron chi connectivity index (χ4n) is 2.62. The van der Waals surface area contributed by atoms with Crippen LogP contribution in [0.1, 0.15) is 11.1 Å². The zero-order valence-electron chi connectivity index (χ0n) is 13.3. The van der Waals surface area contributed by atoms with Gasteiger partial charge in [-0.05, 0) is 37.6 Å². The van der Waals surface area contributed by atoms with Crippen LogP contribution >= 0.6 is 0 Å². The van der Waals surface area contributed by atoms with Gasteiger partial charge >= 0.3 is 0 Å². The van der Waals surface area contributed by atoms with Crippen LogP contribution in [0.15, 0.2) is 53.3 Å². The highest BCUT2D eigenvalue weighted by atomic mass is 16.5. The molecule has 0 amide bonds. The Balaban J connectivity index is 1.67. The van der Waals surface area contributed by atoms with Gasteiger partial charge < -0.3 is 4.52 Å². The van der Waals surface area contributed by atoms with Crippen LogP contribution in [0.5, 0.6) is 0 Å². The monoisotopic (exact) mass is 317 g/mol. The summed E-state index contributed by atoms with van der Waals surface area (Å²) in [5, 5.41) is 11.4. The summed E-state index contributed by atoms with van der Waals surface area (Å²) < 4.78 is 5.35. The molecule has 0 saturated carbocycles. The van der Waals surface area contributed by atoms with Crippen molar-refractivity contribution in [3.63, 3.8) is 0 Å². The highest BCUT2D eigenvalue weighted by Crippen LogP contribution is 2.27. The normalized spacial score (nSPS) is 10.9. The predicted octanol–water partition coefficient (Wildman–Crippen LogP) is 3.81. The third kappa shape index (κ3) is 2.58. The summed E-state index contributed by atoms with van der Waals surface area (Å²) in [5.74, 6) is 0.931. The molecule has 0 radical (unpaired) electrons. The maximum atomic E-state index is 5.35. The number of hydrogen-bond donors (Lipinski definition) is 1. The lowest BCUT2D eigenvalue weighted by atomic mass is 10.0. The molecule has 0 atom stereocenters. The first kappa shape index (κ1) is 14.3. The predicted molar refractivity (Wildman–Crippen MR) is 90.0 cm³/mol. The Morgan fingerprint density at radius 1 is 1.00 bits per heavy atom. The highest BCUT2D eigenvalue weighted by Gasteiger charge is 2.14. The molecule has 24 heavy (non-hydrogen) atoms. The molecule has 4 rings (SSSR count). The molecular formula is C18H15N5O. The zero-order valence-corrected chi connectivity index (χ0v) is 13.3. The number of H-pyrrole nitrogens is 1. The van der Waals surface area contributed by atoms with Crippen LogP contribution < -0.4 is 0 Å². The van der Waals surface area contributed by atoms with E-state index < -0.39 is 0 Å². The van der Waals surface area contributed by atoms with E-state index in [1.54, 1.807) is 12.4 Å². The fraction of sp³-hybridized carbons (Fsp3) is 0.111. The second kappa shape index (κ2) is 5.73. The van der Waals surface area contributed by atoms with E-state index >= 15 is 0 Å². The second-order valence-corrected chi connectivity index (χ2v) is 5.64. The molecule has 0 aliphatic heterocycles. The lowest BCUT2D eigenvalue weighted by Gasteiger charge is -2.02. The second-order valence-electron chi connectivity index (χ2n) is 5.64. The SMILES string of the molecule is Cc1ccc(-c2cc(-c3nc(-c4ccncc4)no3)[nH]n2)c(C)c1. The number of nitrogens with one attached hydrogen (secondary N) is 1. The minimum atomic E-state index is 0.408. The van der Waals surface area contributed by atoms with Crippen LogP contribution in [-0.4, -0.2) is 25.3 Å². The van der Waals surface area contributed by atoms with Crippen molar-refractivity contribution in [1.29, 1.82) is 0 Å². The summed E-state index contributed by atoms with van der Waals surface area (Å²) >= 11 is 0. The maximum Gasteiger partial charge on any atom is 0.276 e. The van der Waals surface area contributed by atoms with Crippen LogP contribution in [0.25, 0.3) is 34.2 Å². The first-order valence-corrected chi connectivity index (χ1v) is 7.58. The summed E-state index contributed by atoms with van der Waals surface area (Å²) in [5.41, 5.74) is 5.89. The smallest absolute Gasteiger partial charge is 0.276 e. The van der Waals surface area contributed by atoms with Crippen LogP contribution in [0, 0.1) is 13.8 Å². The number of nitrogens with zero attached hydrogens (tertiary/aromatic N) is 4. The van der Waals surface area contributed by atoms with Gasteiger partial charge in [-0.1, -0.05) is 28.9 Å². The van der Waals surface area contributed by atoms with Crippen molar-refractivity contribution < 1.29 is 4.52 Å². The van der Waals surface area contributed by atoms with E-state index in [0.29, 0.717) is 17.4 Å². The standard InChI is InChI=1S/C18H15N5O/c1-11-3-4-14(12(2)9-11)15-10-16(22-21-15)18-20-17(23-24-18)13-5-7-19-8-6-13/h3-10H,1-2H3,(H,21,22). The van der Waals surface area contributed by atoms with E-state index in [1.165, 1.54) is 11.1 Å². The molecule has 6 heteroatoms. The highest BCUT2D eigenvalue weighted by molar-refractivity contribution is 5.68. The molecule has 1 aromatic carbocycles. The van der Waals surface area contributed by atoms with Gasteiger partial charge in [-0.15, -0.1) is 0 Å². The molecule has 1 N–H and O–H groups in total. The summed E-state index contributed by atoms with van der Waals surface area (Å²) in [6, 6.07) is 11.9. The van der Waals surface area contributed by atoms with Crippen LogP contribution in [0.2, 0.25) is 0 Å². The molecule has 3 aromatic heterocycles. The van der Waals surface area contributed by atoms with Crippen LogP contribution in [0.4, 0.5) is 0 Å². The van der Waals surface area contributed by atoms with E-state index in [9.17, 15) is 0 Å². The average molecular weight is 317 g/mol. The van der Waals surface area contributed by atoms with E-state index in [2.05, 4.69) is 57.4 Å². The van der Waals surface area contributed by atoms with Gasteiger partial charge in [0.25, 0.3) is 5.89 Å². The molecule has 118 valence electrons. The number of pyridine rings is 1. The minimum absolute atomic E-state index is 0.408. The number of aryl methyl sites for hydroxylation is 2. The third-order valence-corrected chi connectivity index (χ3v) is 3.83. The Bertz CT molecular complexity index is 988. The van der Waals surface area contributed by atoms with Crippen LogP contribution in [-0.2, 0) is 0 Å². The molecule has 0 fully saturated rings. The van der Waals surface area contributed by atoms with Crippen molar-refractivity contribution in [1.82, 2.24) is 25.3 Å². The van der Waals surface area contributed by atoms with Gasteiger partial charge in [0, 0.05) is 23.5 Å². The zero-order chi connectivity index (χ0) is 16.5. The van der Waals surface area contributed by atoms with Gasteiger partial charge in [0.1, 0.15) is 5.69 Å². The van der Waals surface area contributed by atoms with Gasteiger partial charge in [0.15, 0.2) is 0 Å². The topological polar surface area (TPSA) is 80.5 Å². The first-order valence-electron chi connectivity index (χ1n) is 7.58. The number of aromatic nitrogens is 5. The van der Waals surface area contributed by atoms with Crippen molar-refractivity contribution >= 4 is 0 Å². The summed E-state index contributed by atoms with van der Waals surface area (Å²) in [6.07, 6.45) is 3.39. The summed E-state index contributed by atoms with van der Waals surface area (Å²) in [4.78, 5) is 8.40. The van der Waals surface area contributed by atoms with Crippen molar-refractivity contribution in [2.75, 3.05) is 0 Å². The molecule has 3 heterocycles. The molecule has 0 aliphatic rings. The van der Waals surface area contributed by atoms with E-state index in [0.717, 1.165) is 16.8 Å². The third-order valence-electron chi connectivity index (χ3n) is 3.83. The number of benzene rings is 1. The molecular weight excluding hydrogens is 302 g/mol. The number of hydrogen-bond acceptors (Lipinski definition) is 5. The van der Waals surface area contributed by atoms with Crippen molar-refractivity contribution in [3.8, 4) is 34.2 Å². The lowest BCUT2D eigenvalue weighted by molar-refractivity contribution is 0.431. The minimum Gasteiger partial charge on any atom is -0.332 e. The van der Waals surface area contributed by atoms with Gasteiger partial charge in [-0.25, -0.2) is 0 Å². The largest absolute Gasteiger partial charge is 0.332 e. The van der Waals surface area contributed by atoms with E-state index in [1.807, 2.05) is 18.2 Å². The Hall–Kier alpha value is -3.28. The van der Waals surface area contributed by atoms with Crippen molar-refractivity contribution in [2.45, 2.75) is 13.8 Å². The number of rotatable bonds is 3. The van der Waals surface area contributed by atoms with Gasteiger partial charge in [-0.3, -0.25) is 10.1 Å². The molecule has 6 nitrogen and oxygen atoms in total. The molecule has 0 saturated heterocycles. The quantitative estimate of drug-likeness (QED) is 0.621. The van der Waals surface area contributed by atoms with Crippen LogP contribution in [0.3, 0.4) is 0 Å². The molecule has 4 aromatic rings. The van der Waals surface area contributed by atoms with Gasteiger partial charge in [-0.2, -0.15) is 10.1 Å². The Labute approximate surface area is 138 Å². The first-order chi connectivity index (χ1) is 11.7. The molecule has 0 aliphatic carbocycles. The summed E-state index contributed by atoms with van der Waals surface area (Å²) in [7, 11) is 0.